The molecule has 1 aromatic carbocycles. The highest BCUT2D eigenvalue weighted by Crippen LogP contribution is 2.39. The third-order valence-corrected chi connectivity index (χ3v) is 7.03. The van der Waals surface area contributed by atoms with Gasteiger partial charge in [-0.3, -0.25) is 4.79 Å². The van der Waals surface area contributed by atoms with Crippen LogP contribution in [0.25, 0.3) is 0 Å². The fourth-order valence-electron chi connectivity index (χ4n) is 3.88. The number of hydrogen-bond donors (Lipinski definition) is 3. The highest BCUT2D eigenvalue weighted by molar-refractivity contribution is 7.85. The van der Waals surface area contributed by atoms with Crippen molar-refractivity contribution in [1.29, 1.82) is 0 Å². The highest BCUT2D eigenvalue weighted by Gasteiger charge is 2.47. The molecule has 0 saturated carbocycles. The molecule has 0 fully saturated rings. The first-order valence-electron chi connectivity index (χ1n) is 10.4. The van der Waals surface area contributed by atoms with Gasteiger partial charge in [0.15, 0.2) is 5.84 Å². The van der Waals surface area contributed by atoms with Gasteiger partial charge < -0.3 is 20.0 Å². The third-order valence-electron chi connectivity index (χ3n) is 5.36. The average molecular weight is 466 g/mol. The van der Waals surface area contributed by atoms with Crippen LogP contribution in [0, 0.1) is 10.8 Å². The Morgan fingerprint density at radius 3 is 2.52 bits per heavy atom. The van der Waals surface area contributed by atoms with Crippen LogP contribution in [-0.4, -0.2) is 44.8 Å². The van der Waals surface area contributed by atoms with Gasteiger partial charge >= 0.3 is 0 Å². The Labute approximate surface area is 189 Å². The van der Waals surface area contributed by atoms with E-state index >= 15 is 0 Å². The Morgan fingerprint density at radius 2 is 1.94 bits per heavy atom. The highest BCUT2D eigenvalue weighted by atomic mass is 32.2. The largest absolute Gasteiger partial charge is 0.509 e. The molecule has 3 atom stereocenters. The zero-order valence-corrected chi connectivity index (χ0v) is 21.3. The van der Waals surface area contributed by atoms with Crippen molar-refractivity contribution in [3.63, 3.8) is 0 Å². The maximum Gasteiger partial charge on any atom is 0.261 e. The van der Waals surface area contributed by atoms with Crippen molar-refractivity contribution in [3.8, 4) is 0 Å². The van der Waals surface area contributed by atoms with Gasteiger partial charge in [0.25, 0.3) is 5.91 Å². The molecule has 3 unspecified atom stereocenters. The van der Waals surface area contributed by atoms with Crippen molar-refractivity contribution in [3.05, 3.63) is 29.5 Å². The summed E-state index contributed by atoms with van der Waals surface area (Å²) < 4.78 is 19.0. The maximum atomic E-state index is 13.4. The Hall–Kier alpha value is -1.92. The molecule has 2 aliphatic heterocycles. The van der Waals surface area contributed by atoms with Crippen LogP contribution < -0.4 is 15.3 Å². The fourth-order valence-corrected chi connectivity index (χ4v) is 5.36. The number of amides is 1. The lowest BCUT2D eigenvalue weighted by atomic mass is 9.84. The van der Waals surface area contributed by atoms with Crippen molar-refractivity contribution >= 4 is 48.1 Å². The third kappa shape index (κ3) is 5.29. The van der Waals surface area contributed by atoms with E-state index in [9.17, 15) is 14.1 Å². The van der Waals surface area contributed by atoms with E-state index in [1.54, 1.807) is 11.2 Å². The van der Waals surface area contributed by atoms with Crippen LogP contribution in [0.2, 0.25) is 0 Å². The van der Waals surface area contributed by atoms with Crippen molar-refractivity contribution in [1.82, 2.24) is 4.90 Å². The number of benzene rings is 1. The average Bonchev–Trinajstić information content (AvgIpc) is 2.88. The summed E-state index contributed by atoms with van der Waals surface area (Å²) in [5.41, 5.74) is 1.69. The van der Waals surface area contributed by atoms with Crippen molar-refractivity contribution in [2.45, 2.75) is 54.0 Å². The first-order valence-corrected chi connectivity index (χ1v) is 13.1. The Kier molecular flexibility index (Phi) is 6.55. The summed E-state index contributed by atoms with van der Waals surface area (Å²) in [4.78, 5) is 15.2. The van der Waals surface area contributed by atoms with E-state index < -0.39 is 19.7 Å². The molecule has 2 aliphatic rings. The van der Waals surface area contributed by atoms with E-state index in [1.807, 2.05) is 39.0 Å². The molecule has 31 heavy (non-hydrogen) atoms. The van der Waals surface area contributed by atoms with Crippen LogP contribution in [0.3, 0.4) is 0 Å². The number of hydrogen-bond acceptors (Lipinski definition) is 5. The summed E-state index contributed by atoms with van der Waals surface area (Å²) in [6, 6.07) is 5.28. The van der Waals surface area contributed by atoms with E-state index in [2.05, 4.69) is 35.6 Å². The number of nitrogens with zero attached hydrogens (tertiary/aromatic N) is 2. The van der Waals surface area contributed by atoms with Gasteiger partial charge in [0.1, 0.15) is 36.4 Å². The van der Waals surface area contributed by atoms with Gasteiger partial charge in [-0.15, -0.1) is 4.76 Å². The van der Waals surface area contributed by atoms with E-state index in [1.165, 1.54) is 0 Å². The number of carbonyl (C=O) groups is 1. The number of fused-ring (bicyclic) bond motifs is 1. The second kappa shape index (κ2) is 8.55. The molecule has 170 valence electrons. The second-order valence-corrected chi connectivity index (χ2v) is 12.7. The van der Waals surface area contributed by atoms with Crippen molar-refractivity contribution in [2.75, 3.05) is 22.8 Å². The number of amidine groups is 1. The molecule has 3 N–H and O–H groups in total. The SMILES string of the molecule is CS(=O)Nc1ccc2c(c1)[PH2+]N=C(C1=C(O)C(C(C)(C)C)N(CCC(C)(C)C)C1=O)N2. The number of anilines is 2. The molecular weight excluding hydrogens is 431 g/mol. The first kappa shape index (κ1) is 23.7. The Morgan fingerprint density at radius 1 is 1.26 bits per heavy atom. The summed E-state index contributed by atoms with van der Waals surface area (Å²) in [7, 11) is -1.63. The molecule has 0 spiro atoms. The van der Waals surface area contributed by atoms with E-state index in [0.717, 1.165) is 23.1 Å². The predicted octanol–water partition coefficient (Wildman–Crippen LogP) is 3.67. The van der Waals surface area contributed by atoms with Crippen LogP contribution in [0.4, 0.5) is 11.4 Å². The van der Waals surface area contributed by atoms with Gasteiger partial charge in [0.05, 0.1) is 17.4 Å². The van der Waals surface area contributed by atoms with Crippen LogP contribution in [0.15, 0.2) is 34.3 Å². The van der Waals surface area contributed by atoms with E-state index in [0.29, 0.717) is 12.4 Å². The van der Waals surface area contributed by atoms with Gasteiger partial charge in [-0.25, -0.2) is 4.21 Å². The number of carbonyl (C=O) groups excluding carboxylic acids is 1. The summed E-state index contributed by atoms with van der Waals surface area (Å²) in [5, 5.41) is 15.4. The molecule has 9 heteroatoms. The molecule has 1 aromatic rings. The van der Waals surface area contributed by atoms with Crippen molar-refractivity contribution < 1.29 is 14.1 Å². The van der Waals surface area contributed by atoms with Crippen molar-refractivity contribution in [2.24, 2.45) is 15.6 Å². The minimum Gasteiger partial charge on any atom is -0.509 e. The molecule has 0 aromatic heterocycles. The first-order chi connectivity index (χ1) is 14.3. The van der Waals surface area contributed by atoms with Gasteiger partial charge in [-0.1, -0.05) is 41.5 Å². The topological polar surface area (TPSA) is 94.0 Å². The van der Waals surface area contributed by atoms with Gasteiger partial charge in [-0.2, -0.15) is 0 Å². The molecule has 7 nitrogen and oxygen atoms in total. The van der Waals surface area contributed by atoms with Gasteiger partial charge in [0.2, 0.25) is 0 Å². The van der Waals surface area contributed by atoms with E-state index in [4.69, 9.17) is 0 Å². The summed E-state index contributed by atoms with van der Waals surface area (Å²) in [5.74, 6) is 0.368. The quantitative estimate of drug-likeness (QED) is 0.579. The zero-order chi connectivity index (χ0) is 23.1. The maximum absolute atomic E-state index is 13.4. The van der Waals surface area contributed by atoms with Gasteiger partial charge in [-0.05, 0) is 29.4 Å². The molecule has 1 amide bonds. The van der Waals surface area contributed by atoms with Crippen LogP contribution >= 0.6 is 8.73 Å². The summed E-state index contributed by atoms with van der Waals surface area (Å²) in [6.45, 7) is 13.2. The molecule has 0 aliphatic carbocycles. The molecule has 0 bridgehead atoms. The number of rotatable bonds is 5. The minimum atomic E-state index is -1.15. The van der Waals surface area contributed by atoms with Crippen LogP contribution in [-0.2, 0) is 15.8 Å². The molecular formula is C22H34N4O3PS+. The van der Waals surface area contributed by atoms with Crippen LogP contribution in [0.5, 0.6) is 0 Å². The fraction of sp³-hybridized carbons (Fsp3) is 0.545. The second-order valence-electron chi connectivity index (χ2n) is 10.4. The molecule has 0 saturated heterocycles. The predicted molar refractivity (Wildman–Crippen MR) is 133 cm³/mol. The molecule has 3 rings (SSSR count). The standard InChI is InChI=1S/C22H33N4O3PS/c1-21(2,3)10-11-26-18(22(4,5)6)17(27)16(20(26)28)19-23-14-9-8-13(25-31(7)29)12-15(14)30-24-19/h8-9,12,18,25,27,30H,10-11H2,1-7H3,(H,23,24)/p+1. The Bertz CT molecular complexity index is 976. The van der Waals surface area contributed by atoms with E-state index in [-0.39, 0.29) is 34.1 Å². The summed E-state index contributed by atoms with van der Waals surface area (Å²) in [6.07, 6.45) is 2.42. The minimum absolute atomic E-state index is 0.0820. The van der Waals surface area contributed by atoms with Gasteiger partial charge in [0, 0.05) is 18.9 Å². The molecule has 0 radical (unpaired) electrons. The number of aliphatic hydroxyl groups is 1. The lowest BCUT2D eigenvalue weighted by Gasteiger charge is -2.36. The smallest absolute Gasteiger partial charge is 0.261 e. The monoisotopic (exact) mass is 465 g/mol. The van der Waals surface area contributed by atoms with Crippen LogP contribution in [0.1, 0.15) is 48.0 Å². The summed E-state index contributed by atoms with van der Waals surface area (Å²) >= 11 is 0. The lowest BCUT2D eigenvalue weighted by molar-refractivity contribution is -0.128. The molecule has 2 heterocycles. The number of nitrogens with one attached hydrogen (secondary N) is 2. The lowest BCUT2D eigenvalue weighted by Crippen LogP contribution is -2.45. The number of aliphatic hydroxyl groups excluding tert-OH is 1. The normalized spacial score (nSPS) is 21.1. The Balaban J connectivity index is 1.90. The zero-order valence-electron chi connectivity index (χ0n) is 19.4.